The molecule has 0 bridgehead atoms. The van der Waals surface area contributed by atoms with E-state index in [-0.39, 0.29) is 11.5 Å². The van der Waals surface area contributed by atoms with E-state index in [0.29, 0.717) is 21.0 Å². The zero-order valence-electron chi connectivity index (χ0n) is 11.5. The molecular weight excluding hydrogens is 308 g/mol. The maximum absolute atomic E-state index is 11.9. The van der Waals surface area contributed by atoms with Crippen LogP contribution in [0, 0.1) is 6.92 Å². The number of aromatic nitrogens is 2. The van der Waals surface area contributed by atoms with E-state index in [4.69, 9.17) is 5.73 Å². The van der Waals surface area contributed by atoms with E-state index >= 15 is 0 Å². The van der Waals surface area contributed by atoms with Crippen LogP contribution in [0.25, 0.3) is 0 Å². The van der Waals surface area contributed by atoms with Gasteiger partial charge in [0.05, 0.1) is 0 Å². The Labute approximate surface area is 129 Å². The largest absolute Gasteiger partial charge is 0.499 e. The monoisotopic (exact) mass is 324 g/mol. The highest BCUT2D eigenvalue weighted by molar-refractivity contribution is 8.00. The normalized spacial score (nSPS) is 17.3. The molecule has 2 aromatic rings. The van der Waals surface area contributed by atoms with Crippen LogP contribution in [-0.4, -0.2) is 26.9 Å². The Balaban J connectivity index is 1.69. The third-order valence-corrected chi connectivity index (χ3v) is 5.83. The average molecular weight is 324 g/mol. The minimum Gasteiger partial charge on any atom is -0.499 e. The van der Waals surface area contributed by atoms with Crippen molar-refractivity contribution in [3.63, 3.8) is 0 Å². The van der Waals surface area contributed by atoms with Gasteiger partial charge in [0, 0.05) is 16.7 Å². The first-order chi connectivity index (χ1) is 10.0. The van der Waals surface area contributed by atoms with E-state index in [1.807, 2.05) is 6.92 Å². The zero-order chi connectivity index (χ0) is 15.0. The van der Waals surface area contributed by atoms with Crippen molar-refractivity contribution in [2.75, 3.05) is 17.6 Å². The minimum absolute atomic E-state index is 0.134. The first-order valence-electron chi connectivity index (χ1n) is 6.61. The molecule has 21 heavy (non-hydrogen) atoms. The van der Waals surface area contributed by atoms with Gasteiger partial charge in [-0.2, -0.15) is 4.98 Å². The van der Waals surface area contributed by atoms with Crippen LogP contribution in [0.5, 0.6) is 5.06 Å². The maximum Gasteiger partial charge on any atom is 0.268 e. The molecule has 1 aliphatic rings. The number of fused-ring (bicyclic) bond motifs is 1. The van der Waals surface area contributed by atoms with Crippen molar-refractivity contribution in [3.8, 4) is 5.06 Å². The van der Waals surface area contributed by atoms with Crippen molar-refractivity contribution in [1.82, 2.24) is 9.97 Å². The first-order valence-corrected chi connectivity index (χ1v) is 8.31. The summed E-state index contributed by atoms with van der Waals surface area (Å²) in [6.45, 7) is 2.76. The number of aryl methyl sites for hydroxylation is 2. The van der Waals surface area contributed by atoms with Gasteiger partial charge in [0.2, 0.25) is 5.95 Å². The van der Waals surface area contributed by atoms with Gasteiger partial charge in [-0.05, 0) is 31.4 Å². The summed E-state index contributed by atoms with van der Waals surface area (Å²) in [4.78, 5) is 20.3. The van der Waals surface area contributed by atoms with Crippen molar-refractivity contribution < 1.29 is 5.11 Å². The van der Waals surface area contributed by atoms with E-state index in [2.05, 4.69) is 15.3 Å². The number of nitrogens with two attached hydrogens (primary N) is 1. The molecule has 0 unspecified atom stereocenters. The molecule has 1 aliphatic heterocycles. The van der Waals surface area contributed by atoms with Crippen LogP contribution in [0.4, 0.5) is 11.8 Å². The summed E-state index contributed by atoms with van der Waals surface area (Å²) in [5.74, 6) is 0.706. The Bertz CT molecular complexity index is 725. The van der Waals surface area contributed by atoms with Gasteiger partial charge >= 0.3 is 0 Å². The molecule has 3 rings (SSSR count). The van der Waals surface area contributed by atoms with Gasteiger partial charge in [0.25, 0.3) is 5.56 Å². The SMILES string of the molecule is Cc1cc(O)sc1CC[C@@H]1CNc2nc(N)[nH]c(=O)c2S1. The highest BCUT2D eigenvalue weighted by Gasteiger charge is 2.23. The van der Waals surface area contributed by atoms with Crippen LogP contribution in [0.3, 0.4) is 0 Å². The number of aromatic amines is 1. The number of nitrogen functional groups attached to an aromatic ring is 1. The molecule has 0 radical (unpaired) electrons. The Morgan fingerprint density at radius 1 is 1.57 bits per heavy atom. The molecule has 6 nitrogen and oxygen atoms in total. The number of nitrogens with one attached hydrogen (secondary N) is 2. The standard InChI is InChI=1S/C13H16N4O2S2/c1-6-4-9(18)21-8(6)3-2-7-5-15-11-10(20-7)12(19)17-13(14)16-11/h4,7,18H,2-3,5H2,1H3,(H4,14,15,16,17,19)/t7-/m1/s1. The smallest absolute Gasteiger partial charge is 0.268 e. The Kier molecular flexibility index (Phi) is 3.81. The molecule has 0 aromatic carbocycles. The number of H-pyrrole nitrogens is 1. The van der Waals surface area contributed by atoms with Crippen molar-refractivity contribution in [2.45, 2.75) is 29.9 Å². The highest BCUT2D eigenvalue weighted by atomic mass is 32.2. The number of thioether (sulfide) groups is 1. The fraction of sp³-hybridized carbons (Fsp3) is 0.385. The second-order valence-corrected chi connectivity index (χ2v) is 7.40. The molecule has 0 saturated carbocycles. The van der Waals surface area contributed by atoms with Crippen LogP contribution in [0.15, 0.2) is 15.8 Å². The number of anilines is 2. The van der Waals surface area contributed by atoms with E-state index in [9.17, 15) is 9.90 Å². The lowest BCUT2D eigenvalue weighted by molar-refractivity contribution is 0.490. The minimum atomic E-state index is -0.190. The molecule has 112 valence electrons. The van der Waals surface area contributed by atoms with Crippen LogP contribution < -0.4 is 16.6 Å². The highest BCUT2D eigenvalue weighted by Crippen LogP contribution is 2.35. The van der Waals surface area contributed by atoms with E-state index in [0.717, 1.165) is 24.9 Å². The quantitative estimate of drug-likeness (QED) is 0.688. The average Bonchev–Trinajstić information content (AvgIpc) is 2.75. The van der Waals surface area contributed by atoms with Crippen LogP contribution in [0.1, 0.15) is 16.9 Å². The summed E-state index contributed by atoms with van der Waals surface area (Å²) in [6.07, 6.45) is 1.83. The molecule has 0 fully saturated rings. The van der Waals surface area contributed by atoms with Gasteiger partial charge in [-0.15, -0.1) is 23.1 Å². The van der Waals surface area contributed by atoms with Crippen molar-refractivity contribution in [2.24, 2.45) is 0 Å². The summed E-state index contributed by atoms with van der Waals surface area (Å²) in [5.41, 5.74) is 6.47. The lowest BCUT2D eigenvalue weighted by Gasteiger charge is -2.24. The predicted molar refractivity (Wildman–Crippen MR) is 86.4 cm³/mol. The fourth-order valence-electron chi connectivity index (χ4n) is 2.33. The van der Waals surface area contributed by atoms with Crippen LogP contribution in [-0.2, 0) is 6.42 Å². The van der Waals surface area contributed by atoms with Crippen LogP contribution >= 0.6 is 23.1 Å². The zero-order valence-corrected chi connectivity index (χ0v) is 13.1. The second-order valence-electron chi connectivity index (χ2n) is 4.98. The van der Waals surface area contributed by atoms with Gasteiger partial charge in [-0.1, -0.05) is 0 Å². The lowest BCUT2D eigenvalue weighted by Crippen LogP contribution is -2.28. The van der Waals surface area contributed by atoms with Crippen LogP contribution in [0.2, 0.25) is 0 Å². The van der Waals surface area contributed by atoms with Gasteiger partial charge in [-0.25, -0.2) is 0 Å². The third-order valence-electron chi connectivity index (χ3n) is 3.38. The number of aromatic hydroxyl groups is 1. The van der Waals surface area contributed by atoms with Crippen molar-refractivity contribution >= 4 is 34.9 Å². The van der Waals surface area contributed by atoms with E-state index in [1.54, 1.807) is 17.8 Å². The van der Waals surface area contributed by atoms with Gasteiger partial charge < -0.3 is 16.2 Å². The van der Waals surface area contributed by atoms with Gasteiger partial charge in [0.15, 0.2) is 5.06 Å². The predicted octanol–water partition coefficient (Wildman–Crippen LogP) is 1.95. The van der Waals surface area contributed by atoms with E-state index < -0.39 is 0 Å². The fourth-order valence-corrected chi connectivity index (χ4v) is 4.38. The second kappa shape index (κ2) is 5.61. The van der Waals surface area contributed by atoms with E-state index in [1.165, 1.54) is 16.2 Å². The van der Waals surface area contributed by atoms with Crippen molar-refractivity contribution in [3.05, 3.63) is 26.9 Å². The number of thiophene rings is 1. The third kappa shape index (κ3) is 3.01. The van der Waals surface area contributed by atoms with Gasteiger partial charge in [0.1, 0.15) is 10.7 Å². The molecule has 2 aromatic heterocycles. The summed E-state index contributed by atoms with van der Waals surface area (Å²) in [5, 5.41) is 13.3. The summed E-state index contributed by atoms with van der Waals surface area (Å²) in [7, 11) is 0. The Morgan fingerprint density at radius 2 is 2.38 bits per heavy atom. The Morgan fingerprint density at radius 3 is 3.10 bits per heavy atom. The van der Waals surface area contributed by atoms with Gasteiger partial charge in [-0.3, -0.25) is 9.78 Å². The first kappa shape index (κ1) is 14.3. The Hall–Kier alpha value is -1.67. The lowest BCUT2D eigenvalue weighted by atomic mass is 10.1. The summed E-state index contributed by atoms with van der Waals surface area (Å²) >= 11 is 2.96. The molecule has 5 N–H and O–H groups in total. The number of rotatable bonds is 3. The molecule has 8 heteroatoms. The molecule has 0 aliphatic carbocycles. The maximum atomic E-state index is 11.9. The molecule has 3 heterocycles. The molecule has 1 atom stereocenters. The molecule has 0 amide bonds. The molecule has 0 saturated heterocycles. The summed E-state index contributed by atoms with van der Waals surface area (Å²) < 4.78 is 0. The number of hydrogen-bond donors (Lipinski definition) is 4. The summed E-state index contributed by atoms with van der Waals surface area (Å²) in [6, 6.07) is 1.79. The molecular formula is C13H16N4O2S2. The molecule has 0 spiro atoms. The topological polar surface area (TPSA) is 104 Å². The number of hydrogen-bond acceptors (Lipinski definition) is 7. The number of nitrogens with zero attached hydrogens (tertiary/aromatic N) is 1. The van der Waals surface area contributed by atoms with Crippen molar-refractivity contribution in [1.29, 1.82) is 0 Å².